The van der Waals surface area contributed by atoms with E-state index >= 15 is 0 Å². The highest BCUT2D eigenvalue weighted by atomic mass is 32.1. The lowest BCUT2D eigenvalue weighted by molar-refractivity contribution is 0.832. The van der Waals surface area contributed by atoms with Gasteiger partial charge in [0.1, 0.15) is 10.5 Å². The number of thiazole rings is 1. The maximum absolute atomic E-state index is 4.72. The van der Waals surface area contributed by atoms with E-state index in [1.807, 2.05) is 18.5 Å². The van der Waals surface area contributed by atoms with Crippen LogP contribution in [-0.4, -0.2) is 16.5 Å². The number of hydrogen-bond acceptors (Lipinski definition) is 4. The Balaban J connectivity index is 1.92. The highest BCUT2D eigenvalue weighted by Crippen LogP contribution is 2.36. The number of nitrogens with zero attached hydrogens (tertiary/aromatic N) is 2. The molecule has 3 heterocycles. The molecule has 94 valence electrons. The van der Waals surface area contributed by atoms with Gasteiger partial charge < -0.3 is 5.32 Å². The van der Waals surface area contributed by atoms with Crippen LogP contribution in [0.5, 0.6) is 0 Å². The fourth-order valence-electron chi connectivity index (χ4n) is 2.61. The van der Waals surface area contributed by atoms with Crippen molar-refractivity contribution in [2.45, 2.75) is 12.8 Å². The van der Waals surface area contributed by atoms with Gasteiger partial charge in [0.15, 0.2) is 0 Å². The molecule has 0 aliphatic carbocycles. The zero-order valence-electron chi connectivity index (χ0n) is 10.4. The predicted octanol–water partition coefficient (Wildman–Crippen LogP) is 3.72. The number of aromatic nitrogens is 2. The van der Waals surface area contributed by atoms with Crippen LogP contribution >= 0.6 is 11.3 Å². The largest absolute Gasteiger partial charge is 0.385 e. The van der Waals surface area contributed by atoms with Gasteiger partial charge in [0.2, 0.25) is 0 Å². The maximum atomic E-state index is 4.72. The highest BCUT2D eigenvalue weighted by Gasteiger charge is 2.16. The van der Waals surface area contributed by atoms with E-state index in [1.54, 1.807) is 11.3 Å². The van der Waals surface area contributed by atoms with Crippen molar-refractivity contribution >= 4 is 27.2 Å². The second-order valence-electron chi connectivity index (χ2n) is 4.72. The molecule has 0 radical (unpaired) electrons. The van der Waals surface area contributed by atoms with Crippen LogP contribution in [0.15, 0.2) is 36.7 Å². The van der Waals surface area contributed by atoms with Gasteiger partial charge >= 0.3 is 0 Å². The van der Waals surface area contributed by atoms with Gasteiger partial charge in [-0.3, -0.25) is 4.98 Å². The number of benzene rings is 1. The molecule has 3 aromatic rings. The first kappa shape index (κ1) is 10.9. The summed E-state index contributed by atoms with van der Waals surface area (Å²) in [5.41, 5.74) is 4.93. The van der Waals surface area contributed by atoms with Crippen LogP contribution in [0.4, 0.5) is 5.69 Å². The van der Waals surface area contributed by atoms with Gasteiger partial charge in [0.25, 0.3) is 0 Å². The SMILES string of the molecule is c1cc2c(c(-c3nc4cnccc4s3)c1)CCCN2. The van der Waals surface area contributed by atoms with Crippen LogP contribution in [0.3, 0.4) is 0 Å². The number of nitrogens with one attached hydrogen (secondary N) is 1. The Labute approximate surface area is 115 Å². The van der Waals surface area contributed by atoms with Crippen LogP contribution in [0.25, 0.3) is 20.8 Å². The molecule has 1 aliphatic rings. The Morgan fingerprint density at radius 2 is 2.21 bits per heavy atom. The van der Waals surface area contributed by atoms with E-state index < -0.39 is 0 Å². The molecule has 1 aromatic carbocycles. The molecule has 0 saturated carbocycles. The smallest absolute Gasteiger partial charge is 0.125 e. The third kappa shape index (κ3) is 1.79. The topological polar surface area (TPSA) is 37.8 Å². The summed E-state index contributed by atoms with van der Waals surface area (Å²) >= 11 is 1.74. The van der Waals surface area contributed by atoms with Crippen LogP contribution in [0.1, 0.15) is 12.0 Å². The highest BCUT2D eigenvalue weighted by molar-refractivity contribution is 7.21. The van der Waals surface area contributed by atoms with Gasteiger partial charge in [-0.25, -0.2) is 4.98 Å². The van der Waals surface area contributed by atoms with Crippen molar-refractivity contribution in [3.05, 3.63) is 42.2 Å². The third-order valence-electron chi connectivity index (χ3n) is 3.52. The molecule has 1 N–H and O–H groups in total. The minimum atomic E-state index is 0.990. The first-order chi connectivity index (χ1) is 9.42. The monoisotopic (exact) mass is 267 g/mol. The normalized spacial score (nSPS) is 14.1. The first-order valence-corrected chi connectivity index (χ1v) is 7.30. The fourth-order valence-corrected chi connectivity index (χ4v) is 3.59. The van der Waals surface area contributed by atoms with Gasteiger partial charge in [-0.2, -0.15) is 0 Å². The number of rotatable bonds is 1. The number of hydrogen-bond donors (Lipinski definition) is 1. The zero-order valence-corrected chi connectivity index (χ0v) is 11.2. The average Bonchev–Trinajstić information content (AvgIpc) is 2.90. The molecule has 0 amide bonds. The average molecular weight is 267 g/mol. The van der Waals surface area contributed by atoms with E-state index in [9.17, 15) is 0 Å². The predicted molar refractivity (Wildman–Crippen MR) is 79.7 cm³/mol. The molecule has 0 spiro atoms. The molecule has 4 rings (SSSR count). The minimum Gasteiger partial charge on any atom is -0.385 e. The summed E-state index contributed by atoms with van der Waals surface area (Å²) in [6, 6.07) is 8.48. The van der Waals surface area contributed by atoms with Crippen LogP contribution in [0, 0.1) is 0 Å². The summed E-state index contributed by atoms with van der Waals surface area (Å²) in [6.45, 7) is 1.07. The van der Waals surface area contributed by atoms with Gasteiger partial charge in [-0.15, -0.1) is 11.3 Å². The molecule has 0 bridgehead atoms. The Morgan fingerprint density at radius 1 is 1.21 bits per heavy atom. The van der Waals surface area contributed by atoms with E-state index in [0.29, 0.717) is 0 Å². The Kier molecular flexibility index (Phi) is 2.48. The summed E-state index contributed by atoms with van der Waals surface area (Å²) in [5.74, 6) is 0. The van der Waals surface area contributed by atoms with Gasteiger partial charge in [0, 0.05) is 24.0 Å². The molecular formula is C15H13N3S. The van der Waals surface area contributed by atoms with E-state index in [1.165, 1.54) is 27.9 Å². The molecule has 1 aliphatic heterocycles. The Bertz CT molecular complexity index is 715. The van der Waals surface area contributed by atoms with Crippen LogP contribution < -0.4 is 5.32 Å². The fraction of sp³-hybridized carbons (Fsp3) is 0.200. The van der Waals surface area contributed by atoms with Gasteiger partial charge in [-0.05, 0) is 30.5 Å². The van der Waals surface area contributed by atoms with E-state index in [0.717, 1.165) is 23.5 Å². The maximum Gasteiger partial charge on any atom is 0.125 e. The molecule has 3 nitrogen and oxygen atoms in total. The minimum absolute atomic E-state index is 0.990. The molecule has 0 unspecified atom stereocenters. The molecule has 4 heteroatoms. The summed E-state index contributed by atoms with van der Waals surface area (Å²) in [5, 5.41) is 4.57. The first-order valence-electron chi connectivity index (χ1n) is 6.48. The van der Waals surface area contributed by atoms with Crippen molar-refractivity contribution in [3.63, 3.8) is 0 Å². The quantitative estimate of drug-likeness (QED) is 0.730. The number of anilines is 1. The summed E-state index contributed by atoms with van der Waals surface area (Å²) in [7, 11) is 0. The number of fused-ring (bicyclic) bond motifs is 2. The Morgan fingerprint density at radius 3 is 3.16 bits per heavy atom. The van der Waals surface area contributed by atoms with Crippen molar-refractivity contribution in [3.8, 4) is 10.6 Å². The van der Waals surface area contributed by atoms with Crippen molar-refractivity contribution in [1.82, 2.24) is 9.97 Å². The van der Waals surface area contributed by atoms with E-state index in [-0.39, 0.29) is 0 Å². The van der Waals surface area contributed by atoms with Crippen LogP contribution in [0.2, 0.25) is 0 Å². The standard InChI is InChI=1S/C15H13N3S/c1-3-11(10-4-2-7-17-12(10)5-1)15-18-13-9-16-8-6-14(13)19-15/h1,3,5-6,8-9,17H,2,4,7H2. The molecular weight excluding hydrogens is 254 g/mol. The molecule has 19 heavy (non-hydrogen) atoms. The van der Waals surface area contributed by atoms with Crippen molar-refractivity contribution in [2.75, 3.05) is 11.9 Å². The molecule has 0 fully saturated rings. The summed E-state index contributed by atoms with van der Waals surface area (Å²) < 4.78 is 1.20. The summed E-state index contributed by atoms with van der Waals surface area (Å²) in [6.07, 6.45) is 5.98. The second kappa shape index (κ2) is 4.31. The lowest BCUT2D eigenvalue weighted by Crippen LogP contribution is -2.12. The van der Waals surface area contributed by atoms with Gasteiger partial charge in [-0.1, -0.05) is 12.1 Å². The lowest BCUT2D eigenvalue weighted by Gasteiger charge is -2.20. The van der Waals surface area contributed by atoms with Crippen molar-refractivity contribution in [2.24, 2.45) is 0 Å². The molecule has 0 atom stereocenters. The van der Waals surface area contributed by atoms with Crippen LogP contribution in [-0.2, 0) is 6.42 Å². The number of pyridine rings is 1. The van der Waals surface area contributed by atoms with E-state index in [2.05, 4.69) is 28.5 Å². The molecule has 2 aromatic heterocycles. The lowest BCUT2D eigenvalue weighted by atomic mass is 9.98. The van der Waals surface area contributed by atoms with Crippen molar-refractivity contribution < 1.29 is 0 Å². The van der Waals surface area contributed by atoms with E-state index in [4.69, 9.17) is 4.98 Å². The van der Waals surface area contributed by atoms with Gasteiger partial charge in [0.05, 0.1) is 10.9 Å². The third-order valence-corrected chi connectivity index (χ3v) is 4.58. The molecule has 0 saturated heterocycles. The summed E-state index contributed by atoms with van der Waals surface area (Å²) in [4.78, 5) is 8.86. The van der Waals surface area contributed by atoms with Crippen molar-refractivity contribution in [1.29, 1.82) is 0 Å². The second-order valence-corrected chi connectivity index (χ2v) is 5.76. The Hall–Kier alpha value is -1.94. The zero-order chi connectivity index (χ0) is 12.7.